The zero-order valence-corrected chi connectivity index (χ0v) is 15.8. The van der Waals surface area contributed by atoms with Gasteiger partial charge in [0.2, 0.25) is 0 Å². The molecule has 7 nitrogen and oxygen atoms in total. The number of amides is 1. The average molecular weight is 383 g/mol. The van der Waals surface area contributed by atoms with Crippen molar-refractivity contribution in [3.05, 3.63) is 68.6 Å². The lowest BCUT2D eigenvalue weighted by atomic mass is 10.1. The van der Waals surface area contributed by atoms with Crippen LogP contribution in [0.1, 0.15) is 20.8 Å². The summed E-state index contributed by atoms with van der Waals surface area (Å²) in [7, 11) is 1.63. The summed E-state index contributed by atoms with van der Waals surface area (Å²) in [6.45, 7) is 3.90. The summed E-state index contributed by atoms with van der Waals surface area (Å²) < 4.78 is 5.28. The zero-order chi connectivity index (χ0) is 19.6. The minimum atomic E-state index is -0.505. The lowest BCUT2D eigenvalue weighted by molar-refractivity contribution is -0.384. The number of hydrogen-bond acceptors (Lipinski definition) is 6. The molecule has 3 rings (SSSR count). The summed E-state index contributed by atoms with van der Waals surface area (Å²) in [6, 6.07) is 11.2. The van der Waals surface area contributed by atoms with E-state index in [0.29, 0.717) is 10.7 Å². The number of nitrogens with one attached hydrogen (secondary N) is 1. The number of rotatable bonds is 5. The Labute approximate surface area is 159 Å². The van der Waals surface area contributed by atoms with Crippen LogP contribution in [0.4, 0.5) is 10.8 Å². The molecular formula is C19H17N3O4S. The molecule has 0 saturated carbocycles. The van der Waals surface area contributed by atoms with Gasteiger partial charge in [-0.1, -0.05) is 0 Å². The maximum absolute atomic E-state index is 12.4. The van der Waals surface area contributed by atoms with Crippen LogP contribution >= 0.6 is 11.3 Å². The molecule has 1 N–H and O–H groups in total. The summed E-state index contributed by atoms with van der Waals surface area (Å²) in [6.07, 6.45) is 0. The van der Waals surface area contributed by atoms with Crippen LogP contribution in [0.15, 0.2) is 42.5 Å². The Bertz CT molecular complexity index is 1010. The molecular weight excluding hydrogens is 366 g/mol. The second-order valence-corrected chi connectivity index (χ2v) is 7.07. The molecule has 0 aliphatic heterocycles. The second-order valence-electron chi connectivity index (χ2n) is 5.87. The number of non-ortho nitro benzene ring substituents is 1. The number of carbonyl (C=O) groups excluding carboxylic acids is 1. The van der Waals surface area contributed by atoms with Crippen molar-refractivity contribution >= 4 is 28.1 Å². The third kappa shape index (κ3) is 3.95. The molecule has 27 heavy (non-hydrogen) atoms. The Balaban J connectivity index is 1.81. The van der Waals surface area contributed by atoms with Crippen LogP contribution in [-0.4, -0.2) is 22.9 Å². The minimum Gasteiger partial charge on any atom is -0.496 e. The standard InChI is InChI=1S/C19H17N3O4S/c1-11-10-14(6-9-16(11)26-3)17-12(2)27-19(20-17)21-18(23)13-4-7-15(8-5-13)22(24)25/h4-10H,1-3H3,(H,20,21,23). The number of nitrogens with zero attached hydrogens (tertiary/aromatic N) is 2. The first-order valence-corrected chi connectivity index (χ1v) is 8.89. The van der Waals surface area contributed by atoms with Crippen molar-refractivity contribution in [3.63, 3.8) is 0 Å². The highest BCUT2D eigenvalue weighted by Gasteiger charge is 2.15. The van der Waals surface area contributed by atoms with E-state index in [1.807, 2.05) is 32.0 Å². The number of benzene rings is 2. The van der Waals surface area contributed by atoms with Gasteiger partial charge < -0.3 is 4.74 Å². The van der Waals surface area contributed by atoms with E-state index in [0.717, 1.165) is 27.4 Å². The van der Waals surface area contributed by atoms with Gasteiger partial charge in [-0.15, -0.1) is 11.3 Å². The van der Waals surface area contributed by atoms with Gasteiger partial charge in [0, 0.05) is 28.1 Å². The Morgan fingerprint density at radius 2 is 1.89 bits per heavy atom. The molecule has 1 heterocycles. The van der Waals surface area contributed by atoms with Crippen LogP contribution in [0.25, 0.3) is 11.3 Å². The van der Waals surface area contributed by atoms with Crippen LogP contribution in [0.5, 0.6) is 5.75 Å². The largest absolute Gasteiger partial charge is 0.496 e. The summed E-state index contributed by atoms with van der Waals surface area (Å²) in [5.74, 6) is 0.439. The van der Waals surface area contributed by atoms with Crippen molar-refractivity contribution in [1.29, 1.82) is 0 Å². The van der Waals surface area contributed by atoms with Crippen molar-refractivity contribution < 1.29 is 14.5 Å². The van der Waals surface area contributed by atoms with E-state index in [4.69, 9.17) is 4.74 Å². The van der Waals surface area contributed by atoms with Crippen LogP contribution in [0, 0.1) is 24.0 Å². The van der Waals surface area contributed by atoms with Crippen LogP contribution in [0.2, 0.25) is 0 Å². The maximum atomic E-state index is 12.4. The lowest BCUT2D eigenvalue weighted by Crippen LogP contribution is -2.11. The quantitative estimate of drug-likeness (QED) is 0.513. The molecule has 2 aromatic carbocycles. The maximum Gasteiger partial charge on any atom is 0.269 e. The molecule has 0 saturated heterocycles. The Morgan fingerprint density at radius 1 is 1.19 bits per heavy atom. The van der Waals surface area contributed by atoms with Gasteiger partial charge in [0.05, 0.1) is 17.7 Å². The van der Waals surface area contributed by atoms with Gasteiger partial charge in [0.25, 0.3) is 11.6 Å². The van der Waals surface area contributed by atoms with Crippen LogP contribution in [-0.2, 0) is 0 Å². The number of thiazole rings is 1. The molecule has 138 valence electrons. The SMILES string of the molecule is COc1ccc(-c2nc(NC(=O)c3ccc([N+](=O)[O-])cc3)sc2C)cc1C. The van der Waals surface area contributed by atoms with Crippen molar-refractivity contribution in [2.45, 2.75) is 13.8 Å². The molecule has 0 bridgehead atoms. The highest BCUT2D eigenvalue weighted by Crippen LogP contribution is 2.33. The summed E-state index contributed by atoms with van der Waals surface area (Å²) in [5.41, 5.74) is 3.01. The number of nitro groups is 1. The molecule has 1 amide bonds. The van der Waals surface area contributed by atoms with Gasteiger partial charge in [-0.25, -0.2) is 4.98 Å². The van der Waals surface area contributed by atoms with Gasteiger partial charge in [-0.2, -0.15) is 0 Å². The average Bonchev–Trinajstić information content (AvgIpc) is 3.01. The molecule has 0 radical (unpaired) electrons. The fourth-order valence-corrected chi connectivity index (χ4v) is 3.48. The number of nitro benzene ring substituents is 1. The minimum absolute atomic E-state index is 0.0613. The number of aromatic nitrogens is 1. The van der Waals surface area contributed by atoms with Crippen molar-refractivity contribution in [3.8, 4) is 17.0 Å². The Kier molecular flexibility index (Phi) is 5.18. The summed E-state index contributed by atoms with van der Waals surface area (Å²) >= 11 is 1.37. The monoisotopic (exact) mass is 383 g/mol. The number of anilines is 1. The van der Waals surface area contributed by atoms with E-state index in [-0.39, 0.29) is 11.6 Å². The van der Waals surface area contributed by atoms with E-state index in [9.17, 15) is 14.9 Å². The van der Waals surface area contributed by atoms with E-state index >= 15 is 0 Å². The van der Waals surface area contributed by atoms with Crippen molar-refractivity contribution in [2.75, 3.05) is 12.4 Å². The Morgan fingerprint density at radius 3 is 2.48 bits per heavy atom. The molecule has 0 spiro atoms. The van der Waals surface area contributed by atoms with E-state index in [2.05, 4.69) is 10.3 Å². The fourth-order valence-electron chi connectivity index (χ4n) is 2.65. The van der Waals surface area contributed by atoms with Crippen LogP contribution in [0.3, 0.4) is 0 Å². The Hall–Kier alpha value is -3.26. The molecule has 3 aromatic rings. The van der Waals surface area contributed by atoms with Gasteiger partial charge in [-0.05, 0) is 49.7 Å². The molecule has 0 aliphatic rings. The number of carbonyl (C=O) groups is 1. The molecule has 0 aliphatic carbocycles. The zero-order valence-electron chi connectivity index (χ0n) is 15.0. The van der Waals surface area contributed by atoms with Gasteiger partial charge in [0.15, 0.2) is 5.13 Å². The molecule has 0 fully saturated rings. The highest BCUT2D eigenvalue weighted by atomic mass is 32.1. The van der Waals surface area contributed by atoms with Crippen molar-refractivity contribution in [2.24, 2.45) is 0 Å². The summed E-state index contributed by atoms with van der Waals surface area (Å²) in [5, 5.41) is 13.9. The third-order valence-corrected chi connectivity index (χ3v) is 4.91. The van der Waals surface area contributed by atoms with E-state index in [1.54, 1.807) is 7.11 Å². The third-order valence-electron chi connectivity index (χ3n) is 4.03. The first-order chi connectivity index (χ1) is 12.9. The highest BCUT2D eigenvalue weighted by molar-refractivity contribution is 7.16. The van der Waals surface area contributed by atoms with Crippen molar-refractivity contribution in [1.82, 2.24) is 4.98 Å². The number of methoxy groups -OCH3 is 1. The predicted molar refractivity (Wildman–Crippen MR) is 105 cm³/mol. The molecule has 0 unspecified atom stereocenters. The predicted octanol–water partition coefficient (Wildman–Crippen LogP) is 4.60. The van der Waals surface area contributed by atoms with E-state index < -0.39 is 4.92 Å². The first-order valence-electron chi connectivity index (χ1n) is 8.07. The van der Waals surface area contributed by atoms with E-state index in [1.165, 1.54) is 35.6 Å². The van der Waals surface area contributed by atoms with Crippen LogP contribution < -0.4 is 10.1 Å². The lowest BCUT2D eigenvalue weighted by Gasteiger charge is -2.06. The van der Waals surface area contributed by atoms with Gasteiger partial charge >= 0.3 is 0 Å². The first kappa shape index (κ1) is 18.5. The van der Waals surface area contributed by atoms with Gasteiger partial charge in [0.1, 0.15) is 5.75 Å². The second kappa shape index (κ2) is 7.55. The smallest absolute Gasteiger partial charge is 0.269 e. The van der Waals surface area contributed by atoms with Gasteiger partial charge in [-0.3, -0.25) is 20.2 Å². The summed E-state index contributed by atoms with van der Waals surface area (Å²) in [4.78, 5) is 28.1. The molecule has 1 aromatic heterocycles. The number of hydrogen-bond donors (Lipinski definition) is 1. The topological polar surface area (TPSA) is 94.4 Å². The molecule has 0 atom stereocenters. The normalized spacial score (nSPS) is 10.5. The molecule has 8 heteroatoms. The number of ether oxygens (including phenoxy) is 1. The number of aryl methyl sites for hydroxylation is 2. The fraction of sp³-hybridized carbons (Fsp3) is 0.158.